The molecule has 0 radical (unpaired) electrons. The molecule has 2 fully saturated rings. The van der Waals surface area contributed by atoms with Crippen LogP contribution in [0.4, 0.5) is 0 Å². The number of carbonyl (C=O) groups is 1. The van der Waals surface area contributed by atoms with Crippen molar-refractivity contribution in [3.8, 4) is 0 Å². The number of thiophene rings is 1. The average Bonchev–Trinajstić information content (AvgIpc) is 3.07. The zero-order valence-electron chi connectivity index (χ0n) is 14.7. The van der Waals surface area contributed by atoms with Gasteiger partial charge in [0.2, 0.25) is 5.91 Å². The molecule has 4 nitrogen and oxygen atoms in total. The van der Waals surface area contributed by atoms with Crippen molar-refractivity contribution >= 4 is 42.1 Å². The van der Waals surface area contributed by atoms with Gasteiger partial charge in [-0.15, -0.1) is 36.2 Å². The topological polar surface area (TPSA) is 58.4 Å². The van der Waals surface area contributed by atoms with Crippen LogP contribution in [0.15, 0.2) is 17.5 Å². The van der Waals surface area contributed by atoms with Crippen LogP contribution in [0.25, 0.3) is 0 Å². The van der Waals surface area contributed by atoms with E-state index in [0.717, 1.165) is 51.9 Å². The third-order valence-electron chi connectivity index (χ3n) is 5.32. The molecule has 3 rings (SSSR count). The highest BCUT2D eigenvalue weighted by Crippen LogP contribution is 2.24. The van der Waals surface area contributed by atoms with Crippen LogP contribution in [-0.2, 0) is 11.3 Å². The average molecular weight is 408 g/mol. The maximum atomic E-state index is 12.3. The van der Waals surface area contributed by atoms with E-state index in [2.05, 4.69) is 27.7 Å². The summed E-state index contributed by atoms with van der Waals surface area (Å²) < 4.78 is 0. The van der Waals surface area contributed by atoms with Crippen LogP contribution in [0.5, 0.6) is 0 Å². The quantitative estimate of drug-likeness (QED) is 0.785. The van der Waals surface area contributed by atoms with Crippen LogP contribution in [-0.4, -0.2) is 36.5 Å². The molecule has 1 aromatic rings. The van der Waals surface area contributed by atoms with Crippen molar-refractivity contribution < 1.29 is 4.79 Å². The Bertz CT molecular complexity index is 493. The van der Waals surface area contributed by atoms with Gasteiger partial charge in [-0.1, -0.05) is 12.5 Å². The summed E-state index contributed by atoms with van der Waals surface area (Å²) in [5, 5.41) is 5.34. The largest absolute Gasteiger partial charge is 0.356 e. The molecule has 0 aromatic carbocycles. The van der Waals surface area contributed by atoms with Gasteiger partial charge in [-0.2, -0.15) is 0 Å². The lowest BCUT2D eigenvalue weighted by molar-refractivity contribution is -0.126. The summed E-state index contributed by atoms with van der Waals surface area (Å²) in [6.45, 7) is 4.22. The van der Waals surface area contributed by atoms with Crippen molar-refractivity contribution in [1.29, 1.82) is 0 Å². The molecule has 1 aliphatic carbocycles. The second-order valence-corrected chi connectivity index (χ2v) is 8.20. The summed E-state index contributed by atoms with van der Waals surface area (Å²) in [4.78, 5) is 16.3. The third-order valence-corrected chi connectivity index (χ3v) is 6.18. The first kappa shape index (κ1) is 22.7. The molecule has 1 amide bonds. The zero-order valence-corrected chi connectivity index (χ0v) is 17.1. The maximum Gasteiger partial charge on any atom is 0.223 e. The van der Waals surface area contributed by atoms with Crippen molar-refractivity contribution in [2.45, 2.75) is 51.1 Å². The molecule has 1 aromatic heterocycles. The summed E-state index contributed by atoms with van der Waals surface area (Å²) in [5.41, 5.74) is 5.99. The van der Waals surface area contributed by atoms with E-state index < -0.39 is 0 Å². The monoisotopic (exact) mass is 407 g/mol. The highest BCUT2D eigenvalue weighted by molar-refractivity contribution is 7.09. The van der Waals surface area contributed by atoms with Gasteiger partial charge in [0.1, 0.15) is 0 Å². The Kier molecular flexibility index (Phi) is 10.4. The molecule has 0 bridgehead atoms. The van der Waals surface area contributed by atoms with Crippen molar-refractivity contribution in [2.75, 3.05) is 19.6 Å². The SMILES string of the molecule is Cl.Cl.NC1CCCC(C(=O)NCC2CCN(Cc3cccs3)CC2)C1. The van der Waals surface area contributed by atoms with Gasteiger partial charge in [-0.25, -0.2) is 0 Å². The van der Waals surface area contributed by atoms with E-state index in [1.807, 2.05) is 11.3 Å². The number of amides is 1. The van der Waals surface area contributed by atoms with Crippen LogP contribution in [0.2, 0.25) is 0 Å². The minimum atomic E-state index is 0. The van der Waals surface area contributed by atoms with Crippen molar-refractivity contribution in [3.63, 3.8) is 0 Å². The fourth-order valence-corrected chi connectivity index (χ4v) is 4.57. The van der Waals surface area contributed by atoms with Crippen LogP contribution >= 0.6 is 36.2 Å². The minimum absolute atomic E-state index is 0. The Morgan fingerprint density at radius 3 is 2.64 bits per heavy atom. The van der Waals surface area contributed by atoms with E-state index in [9.17, 15) is 4.79 Å². The molecule has 2 aliphatic rings. The Morgan fingerprint density at radius 2 is 2.00 bits per heavy atom. The van der Waals surface area contributed by atoms with E-state index >= 15 is 0 Å². The van der Waals surface area contributed by atoms with E-state index in [4.69, 9.17) is 5.73 Å². The van der Waals surface area contributed by atoms with Crippen molar-refractivity contribution in [3.05, 3.63) is 22.4 Å². The van der Waals surface area contributed by atoms with Crippen LogP contribution in [0, 0.1) is 11.8 Å². The summed E-state index contributed by atoms with van der Waals surface area (Å²) in [7, 11) is 0. The lowest BCUT2D eigenvalue weighted by Crippen LogP contribution is -2.42. The molecule has 1 aliphatic heterocycles. The molecule has 7 heteroatoms. The normalized spacial score (nSPS) is 24.8. The second kappa shape index (κ2) is 11.4. The Balaban J connectivity index is 0.00000156. The molecule has 2 heterocycles. The maximum absolute atomic E-state index is 12.3. The van der Waals surface area contributed by atoms with Gasteiger partial charge in [0.15, 0.2) is 0 Å². The predicted octanol–water partition coefficient (Wildman–Crippen LogP) is 3.44. The molecule has 2 atom stereocenters. The fourth-order valence-electron chi connectivity index (χ4n) is 3.83. The summed E-state index contributed by atoms with van der Waals surface area (Å²) >= 11 is 1.84. The van der Waals surface area contributed by atoms with Gasteiger partial charge < -0.3 is 11.1 Å². The standard InChI is InChI=1S/C18H29N3OS.2ClH/c19-16-4-1-3-15(11-16)18(22)20-12-14-6-8-21(9-7-14)13-17-5-2-10-23-17;;/h2,5,10,14-16H,1,3-4,6-9,11-13,19H2,(H,20,22);2*1H. The van der Waals surface area contributed by atoms with Gasteiger partial charge in [-0.05, 0) is 62.6 Å². The molecule has 144 valence electrons. The first-order chi connectivity index (χ1) is 11.2. The molecule has 3 N–H and O–H groups in total. The number of nitrogens with one attached hydrogen (secondary N) is 1. The Morgan fingerprint density at radius 1 is 1.24 bits per heavy atom. The van der Waals surface area contributed by atoms with E-state index in [1.54, 1.807) is 0 Å². The van der Waals surface area contributed by atoms with Crippen LogP contribution in [0.1, 0.15) is 43.4 Å². The smallest absolute Gasteiger partial charge is 0.223 e. The van der Waals surface area contributed by atoms with Crippen molar-refractivity contribution in [1.82, 2.24) is 10.2 Å². The number of piperidine rings is 1. The van der Waals surface area contributed by atoms with Crippen LogP contribution < -0.4 is 11.1 Å². The fraction of sp³-hybridized carbons (Fsp3) is 0.722. The van der Waals surface area contributed by atoms with Gasteiger partial charge in [0.25, 0.3) is 0 Å². The van der Waals surface area contributed by atoms with Crippen LogP contribution in [0.3, 0.4) is 0 Å². The predicted molar refractivity (Wildman–Crippen MR) is 110 cm³/mol. The number of hydrogen-bond donors (Lipinski definition) is 2. The molecule has 1 saturated heterocycles. The highest BCUT2D eigenvalue weighted by atomic mass is 35.5. The number of halogens is 2. The van der Waals surface area contributed by atoms with E-state index in [0.29, 0.717) is 5.92 Å². The highest BCUT2D eigenvalue weighted by Gasteiger charge is 2.26. The van der Waals surface area contributed by atoms with Gasteiger partial charge in [0.05, 0.1) is 0 Å². The molecule has 1 saturated carbocycles. The number of nitrogens with zero attached hydrogens (tertiary/aromatic N) is 1. The number of nitrogens with two attached hydrogens (primary N) is 1. The lowest BCUT2D eigenvalue weighted by atomic mass is 9.85. The van der Waals surface area contributed by atoms with Gasteiger partial charge >= 0.3 is 0 Å². The van der Waals surface area contributed by atoms with E-state index in [-0.39, 0.29) is 42.7 Å². The molecule has 0 spiro atoms. The summed E-state index contributed by atoms with van der Waals surface area (Å²) in [6, 6.07) is 4.56. The molecular formula is C18H31Cl2N3OS. The molecular weight excluding hydrogens is 377 g/mol. The Labute approximate surface area is 167 Å². The zero-order chi connectivity index (χ0) is 16.1. The summed E-state index contributed by atoms with van der Waals surface area (Å²) in [5.74, 6) is 1.02. The lowest BCUT2D eigenvalue weighted by Gasteiger charge is -2.32. The number of likely N-dealkylation sites (tertiary alicyclic amines) is 1. The van der Waals surface area contributed by atoms with Crippen molar-refractivity contribution in [2.24, 2.45) is 17.6 Å². The molecule has 2 unspecified atom stereocenters. The summed E-state index contributed by atoms with van der Waals surface area (Å²) in [6.07, 6.45) is 6.43. The van der Waals surface area contributed by atoms with E-state index in [1.165, 1.54) is 17.7 Å². The van der Waals surface area contributed by atoms with Gasteiger partial charge in [-0.3, -0.25) is 9.69 Å². The number of hydrogen-bond acceptors (Lipinski definition) is 4. The Hall–Kier alpha value is -0.330. The van der Waals surface area contributed by atoms with Gasteiger partial charge in [0, 0.05) is 29.9 Å². The first-order valence-electron chi connectivity index (χ1n) is 8.98. The second-order valence-electron chi connectivity index (χ2n) is 7.17. The minimum Gasteiger partial charge on any atom is -0.356 e. The molecule has 25 heavy (non-hydrogen) atoms. The number of carbonyl (C=O) groups excluding carboxylic acids is 1. The number of rotatable bonds is 5. The first-order valence-corrected chi connectivity index (χ1v) is 9.86. The third kappa shape index (κ3) is 7.06.